The Morgan fingerprint density at radius 2 is 2.31 bits per heavy atom. The third kappa shape index (κ3) is 2.64. The highest BCUT2D eigenvalue weighted by Crippen LogP contribution is 2.14. The Hall–Kier alpha value is -0.150. The van der Waals surface area contributed by atoms with E-state index in [1.807, 2.05) is 29.5 Å². The van der Waals surface area contributed by atoms with Gasteiger partial charge in [-0.1, -0.05) is 6.92 Å². The third-order valence-corrected chi connectivity index (χ3v) is 3.52. The molecule has 0 radical (unpaired) electrons. The zero-order valence-electron chi connectivity index (χ0n) is 7.07. The summed E-state index contributed by atoms with van der Waals surface area (Å²) in [5.74, 6) is 0. The summed E-state index contributed by atoms with van der Waals surface area (Å²) in [7, 11) is -3.62. The fraction of sp³-hybridized carbons (Fsp3) is 0.500. The maximum absolute atomic E-state index is 11.0. The summed E-state index contributed by atoms with van der Waals surface area (Å²) in [6.45, 7) is 2.69. The van der Waals surface area contributed by atoms with Crippen LogP contribution in [-0.4, -0.2) is 18.2 Å². The number of aromatic nitrogens is 2. The molecule has 0 spiro atoms. The zero-order chi connectivity index (χ0) is 10.1. The number of nitrogens with zero attached hydrogens (tertiary/aromatic N) is 2. The lowest BCUT2D eigenvalue weighted by Gasteiger charge is -1.94. The van der Waals surface area contributed by atoms with Crippen molar-refractivity contribution in [2.24, 2.45) is 5.14 Å². The maximum atomic E-state index is 11.0. The Bertz CT molecular complexity index is 398. The van der Waals surface area contributed by atoms with Crippen molar-refractivity contribution in [1.82, 2.24) is 9.78 Å². The lowest BCUT2D eigenvalue weighted by molar-refractivity contribution is 0.592. The lowest BCUT2D eigenvalue weighted by Crippen LogP contribution is -2.12. The molecule has 2 N–H and O–H groups in total. The van der Waals surface area contributed by atoms with E-state index in [0.29, 0.717) is 10.2 Å². The van der Waals surface area contributed by atoms with Gasteiger partial charge in [-0.25, -0.2) is 13.6 Å². The van der Waals surface area contributed by atoms with Crippen LogP contribution in [0.4, 0.5) is 0 Å². The van der Waals surface area contributed by atoms with Crippen LogP contribution in [0.3, 0.4) is 0 Å². The van der Waals surface area contributed by atoms with E-state index in [0.717, 1.165) is 6.42 Å². The van der Waals surface area contributed by atoms with Gasteiger partial charge in [-0.3, -0.25) is 4.68 Å². The van der Waals surface area contributed by atoms with Crippen LogP contribution in [-0.2, 0) is 16.6 Å². The number of sulfonamides is 1. The molecule has 0 saturated heterocycles. The molecule has 1 rings (SSSR count). The Balaban J connectivity index is 3.11. The summed E-state index contributed by atoms with van der Waals surface area (Å²) in [6, 6.07) is 0. The minimum Gasteiger partial charge on any atom is -0.270 e. The van der Waals surface area contributed by atoms with Gasteiger partial charge in [-0.15, -0.1) is 0 Å². The van der Waals surface area contributed by atoms with Gasteiger partial charge in [-0.05, 0) is 29.0 Å². The van der Waals surface area contributed by atoms with Crippen LogP contribution in [0.2, 0.25) is 0 Å². The maximum Gasteiger partial charge on any atom is 0.242 e. The number of hydrogen-bond donors (Lipinski definition) is 1. The van der Waals surface area contributed by atoms with Gasteiger partial charge < -0.3 is 0 Å². The molecule has 0 aliphatic carbocycles. The van der Waals surface area contributed by atoms with Gasteiger partial charge in [0.15, 0.2) is 0 Å². The second kappa shape index (κ2) is 3.93. The fourth-order valence-corrected chi connectivity index (χ4v) is 2.80. The normalized spacial score (nSPS) is 11.9. The number of hydrogen-bond acceptors (Lipinski definition) is 3. The predicted octanol–water partition coefficient (Wildman–Crippen LogP) is 0.545. The van der Waals surface area contributed by atoms with E-state index in [9.17, 15) is 8.42 Å². The van der Waals surface area contributed by atoms with Crippen molar-refractivity contribution in [1.29, 1.82) is 0 Å². The highest BCUT2D eigenvalue weighted by Gasteiger charge is 2.16. The minimum atomic E-state index is -3.62. The lowest BCUT2D eigenvalue weighted by atomic mass is 10.5. The van der Waals surface area contributed by atoms with E-state index in [1.54, 1.807) is 4.68 Å². The molecule has 5 nitrogen and oxygen atoms in total. The second-order valence-electron chi connectivity index (χ2n) is 2.59. The topological polar surface area (TPSA) is 78.0 Å². The van der Waals surface area contributed by atoms with Crippen LogP contribution in [0.15, 0.2) is 11.1 Å². The number of nitrogens with two attached hydrogens (primary N) is 1. The van der Waals surface area contributed by atoms with E-state index in [-0.39, 0.29) is 4.90 Å². The van der Waals surface area contributed by atoms with Gasteiger partial charge >= 0.3 is 0 Å². The Morgan fingerprint density at radius 1 is 1.69 bits per heavy atom. The van der Waals surface area contributed by atoms with Crippen LogP contribution in [0.25, 0.3) is 0 Å². The second-order valence-corrected chi connectivity index (χ2v) is 5.14. The Morgan fingerprint density at radius 3 is 2.69 bits per heavy atom. The fourth-order valence-electron chi connectivity index (χ4n) is 0.914. The predicted molar refractivity (Wildman–Crippen MR) is 56.6 cm³/mol. The third-order valence-electron chi connectivity index (χ3n) is 1.45. The summed E-state index contributed by atoms with van der Waals surface area (Å²) in [5, 5.41) is 8.99. The molecule has 7 heteroatoms. The van der Waals surface area contributed by atoms with Crippen molar-refractivity contribution in [3.63, 3.8) is 0 Å². The van der Waals surface area contributed by atoms with Gasteiger partial charge in [0, 0.05) is 12.7 Å². The van der Waals surface area contributed by atoms with Crippen molar-refractivity contribution in [3.05, 3.63) is 9.90 Å². The molecular weight excluding hydrogens is 305 g/mol. The molecule has 0 saturated carbocycles. The van der Waals surface area contributed by atoms with Gasteiger partial charge in [0.1, 0.15) is 8.60 Å². The van der Waals surface area contributed by atoms with Crippen molar-refractivity contribution in [3.8, 4) is 0 Å². The summed E-state index contributed by atoms with van der Waals surface area (Å²) >= 11 is 1.86. The highest BCUT2D eigenvalue weighted by molar-refractivity contribution is 14.1. The molecule has 0 bridgehead atoms. The molecule has 74 valence electrons. The molecule has 1 aromatic heterocycles. The van der Waals surface area contributed by atoms with Crippen LogP contribution in [0, 0.1) is 3.70 Å². The van der Waals surface area contributed by atoms with Crippen LogP contribution in [0.5, 0.6) is 0 Å². The number of rotatable bonds is 3. The van der Waals surface area contributed by atoms with E-state index in [1.165, 1.54) is 6.20 Å². The van der Waals surface area contributed by atoms with Crippen molar-refractivity contribution in [2.75, 3.05) is 0 Å². The first kappa shape index (κ1) is 10.9. The van der Waals surface area contributed by atoms with Crippen LogP contribution >= 0.6 is 22.6 Å². The summed E-state index contributed by atoms with van der Waals surface area (Å²) in [5.41, 5.74) is 0. The number of primary sulfonamides is 1. The molecule has 1 heterocycles. The number of halogens is 1. The molecule has 0 amide bonds. The molecule has 0 aliphatic rings. The summed E-state index contributed by atoms with van der Waals surface area (Å²) < 4.78 is 24.0. The van der Waals surface area contributed by atoms with E-state index in [4.69, 9.17) is 5.14 Å². The first-order valence-corrected chi connectivity index (χ1v) is 6.33. The van der Waals surface area contributed by atoms with Crippen molar-refractivity contribution < 1.29 is 8.42 Å². The molecule has 0 atom stereocenters. The molecule has 0 fully saturated rings. The highest BCUT2D eigenvalue weighted by atomic mass is 127. The van der Waals surface area contributed by atoms with E-state index < -0.39 is 10.0 Å². The first-order valence-electron chi connectivity index (χ1n) is 3.71. The van der Waals surface area contributed by atoms with Crippen LogP contribution < -0.4 is 5.14 Å². The molecular formula is C6H10IN3O2S. The van der Waals surface area contributed by atoms with Crippen LogP contribution in [0.1, 0.15) is 13.3 Å². The average molecular weight is 315 g/mol. The standard InChI is InChI=1S/C6H10IN3O2S/c1-2-3-10-4-5(6(7)9-10)13(8,11)12/h4H,2-3H2,1H3,(H2,8,11,12). The van der Waals surface area contributed by atoms with Gasteiger partial charge in [-0.2, -0.15) is 5.10 Å². The average Bonchev–Trinajstić information content (AvgIpc) is 2.30. The molecule has 0 aliphatic heterocycles. The van der Waals surface area contributed by atoms with Crippen molar-refractivity contribution >= 4 is 32.6 Å². The quantitative estimate of drug-likeness (QED) is 0.827. The summed E-state index contributed by atoms with van der Waals surface area (Å²) in [6.07, 6.45) is 2.36. The first-order chi connectivity index (χ1) is 5.95. The number of aryl methyl sites for hydroxylation is 1. The van der Waals surface area contributed by atoms with E-state index >= 15 is 0 Å². The molecule has 0 unspecified atom stereocenters. The Kier molecular flexibility index (Phi) is 3.30. The minimum absolute atomic E-state index is 0.0987. The zero-order valence-corrected chi connectivity index (χ0v) is 10.0. The largest absolute Gasteiger partial charge is 0.270 e. The monoisotopic (exact) mass is 315 g/mol. The van der Waals surface area contributed by atoms with Crippen molar-refractivity contribution in [2.45, 2.75) is 24.8 Å². The molecule has 0 aromatic carbocycles. The molecule has 1 aromatic rings. The van der Waals surface area contributed by atoms with E-state index in [2.05, 4.69) is 5.10 Å². The van der Waals surface area contributed by atoms with Gasteiger partial charge in [0.2, 0.25) is 10.0 Å². The smallest absolute Gasteiger partial charge is 0.242 e. The van der Waals surface area contributed by atoms with Gasteiger partial charge in [0.05, 0.1) is 0 Å². The van der Waals surface area contributed by atoms with Gasteiger partial charge in [0.25, 0.3) is 0 Å². The summed E-state index contributed by atoms with van der Waals surface area (Å²) in [4.78, 5) is 0.0987. The molecule has 13 heavy (non-hydrogen) atoms. The Labute approximate surface area is 90.5 Å². The SMILES string of the molecule is CCCn1cc(S(N)(=O)=O)c(I)n1.